The van der Waals surface area contributed by atoms with E-state index in [-0.39, 0.29) is 22.9 Å². The van der Waals surface area contributed by atoms with Gasteiger partial charge in [-0.3, -0.25) is 4.90 Å². The number of halogens is 2. The zero-order valence-electron chi connectivity index (χ0n) is 26.2. The molecule has 4 aliphatic heterocycles. The molecule has 0 amide bonds. The number of hydrogen-bond acceptors (Lipinski definition) is 8. The Labute approximate surface area is 270 Å². The van der Waals surface area contributed by atoms with Crippen molar-refractivity contribution in [1.82, 2.24) is 20.2 Å². The highest BCUT2D eigenvalue weighted by Gasteiger charge is 2.49. The van der Waals surface area contributed by atoms with Gasteiger partial charge in [0.25, 0.3) is 0 Å². The molecule has 0 radical (unpaired) electrons. The Morgan fingerprint density at radius 1 is 1.11 bits per heavy atom. The van der Waals surface area contributed by atoms with Crippen LogP contribution < -0.4 is 15.0 Å². The molecule has 0 unspecified atom stereocenters. The summed E-state index contributed by atoms with van der Waals surface area (Å²) in [6, 6.07) is 11.0. The van der Waals surface area contributed by atoms with Gasteiger partial charge in [0.2, 0.25) is 0 Å². The largest absolute Gasteiger partial charge is 0.508 e. The number of phenols is 1. The average Bonchev–Trinajstić information content (AvgIpc) is 3.80. The van der Waals surface area contributed by atoms with E-state index in [1.165, 1.54) is 6.07 Å². The van der Waals surface area contributed by atoms with Crippen LogP contribution in [0.3, 0.4) is 0 Å². The summed E-state index contributed by atoms with van der Waals surface area (Å²) in [5.74, 6) is 3.48. The molecule has 9 rings (SSSR count). The van der Waals surface area contributed by atoms with Crippen molar-refractivity contribution in [2.75, 3.05) is 37.7 Å². The van der Waals surface area contributed by atoms with E-state index in [4.69, 9.17) is 25.5 Å². The van der Waals surface area contributed by atoms with E-state index in [2.05, 4.69) is 21.0 Å². The number of hydrogen-bond donors (Lipinski definition) is 2. The number of aryl methyl sites for hydroxylation is 1. The lowest BCUT2D eigenvalue weighted by molar-refractivity contribution is 0.107. The zero-order chi connectivity index (χ0) is 32.0. The maximum atomic E-state index is 15.1. The fourth-order valence-corrected chi connectivity index (χ4v) is 8.80. The third kappa shape index (κ3) is 4.54. The predicted octanol–water partition coefficient (Wildman–Crippen LogP) is 6.23. The summed E-state index contributed by atoms with van der Waals surface area (Å²) in [7, 11) is 0. The minimum atomic E-state index is -0.863. The SMILES string of the molecule is C#Cc1c(F)ccc2cc(O)cc(-c3cc4nc(OC[C@@]56CCCN5C[C@H](F)C6)nc(N5C[C@H]6CC[C@@H](C5)N6)c4c4cc(C)oc34)c12. The molecule has 2 N–H and O–H groups in total. The van der Waals surface area contributed by atoms with E-state index < -0.39 is 12.0 Å². The number of rotatable bonds is 5. The molecule has 3 aromatic carbocycles. The Kier molecular flexibility index (Phi) is 6.44. The normalized spacial score (nSPS) is 25.7. The maximum Gasteiger partial charge on any atom is 0.319 e. The van der Waals surface area contributed by atoms with E-state index in [1.807, 2.05) is 19.1 Å². The minimum absolute atomic E-state index is 0.0189. The lowest BCUT2D eigenvalue weighted by Gasteiger charge is -2.35. The monoisotopic (exact) mass is 635 g/mol. The first-order valence-electron chi connectivity index (χ1n) is 16.5. The molecule has 8 nitrogen and oxygen atoms in total. The van der Waals surface area contributed by atoms with Crippen LogP contribution >= 0.6 is 0 Å². The molecule has 4 aliphatic rings. The van der Waals surface area contributed by atoms with Crippen molar-refractivity contribution in [2.45, 2.75) is 62.8 Å². The van der Waals surface area contributed by atoms with Gasteiger partial charge in [0.05, 0.1) is 22.0 Å². The predicted molar refractivity (Wildman–Crippen MR) is 177 cm³/mol. The summed E-state index contributed by atoms with van der Waals surface area (Å²) >= 11 is 0. The Morgan fingerprint density at radius 3 is 2.74 bits per heavy atom. The fraction of sp³-hybridized carbons (Fsp3) is 0.405. The lowest BCUT2D eigenvalue weighted by Crippen LogP contribution is -2.51. The number of aromatic nitrogens is 2. The van der Waals surface area contributed by atoms with E-state index in [0.29, 0.717) is 70.4 Å². The first-order valence-corrected chi connectivity index (χ1v) is 16.5. The number of ether oxygens (including phenoxy) is 1. The number of piperazine rings is 1. The second kappa shape index (κ2) is 10.5. The van der Waals surface area contributed by atoms with Gasteiger partial charge in [-0.25, -0.2) is 8.78 Å². The molecule has 0 aliphatic carbocycles. The van der Waals surface area contributed by atoms with Gasteiger partial charge in [0.15, 0.2) is 0 Å². The number of nitrogens with one attached hydrogen (secondary N) is 1. The third-order valence-corrected chi connectivity index (χ3v) is 10.8. The summed E-state index contributed by atoms with van der Waals surface area (Å²) in [5, 5.41) is 17.3. The Morgan fingerprint density at radius 2 is 1.94 bits per heavy atom. The fourth-order valence-electron chi connectivity index (χ4n) is 8.80. The summed E-state index contributed by atoms with van der Waals surface area (Å²) in [6.45, 7) is 5.11. The summed E-state index contributed by atoms with van der Waals surface area (Å²) < 4.78 is 42.5. The molecule has 10 heteroatoms. The van der Waals surface area contributed by atoms with Gasteiger partial charge in [0, 0.05) is 54.5 Å². The smallest absolute Gasteiger partial charge is 0.319 e. The maximum absolute atomic E-state index is 15.1. The third-order valence-electron chi connectivity index (χ3n) is 10.8. The minimum Gasteiger partial charge on any atom is -0.508 e. The standard InChI is InChI=1S/C37H35F2N5O3/c1-3-26-30(39)8-5-21-12-25(45)13-27(32(21)26)28-14-31-33(29-11-20(2)47-34(28)29)35(43-17-23-6-7-24(18-43)40-23)42-36(41-31)46-19-37-9-4-10-44(37)16-22(38)15-37/h1,5,8,11-14,22-24,40,45H,4,6-7,9-10,15-19H2,2H3/t22-,23-,24+,37+/m1/s1. The molecule has 4 saturated heterocycles. The zero-order valence-corrected chi connectivity index (χ0v) is 26.2. The second-order valence-electron chi connectivity index (χ2n) is 13.8. The number of phenolic OH excluding ortho intramolecular Hbond substituents is 1. The first kappa shape index (κ1) is 28.7. The van der Waals surface area contributed by atoms with Crippen molar-refractivity contribution in [3.05, 3.63) is 53.5 Å². The number of alkyl halides is 1. The van der Waals surface area contributed by atoms with Crippen molar-refractivity contribution in [3.63, 3.8) is 0 Å². The van der Waals surface area contributed by atoms with Crippen LogP contribution in [0.4, 0.5) is 14.6 Å². The molecule has 0 spiro atoms. The highest BCUT2D eigenvalue weighted by Crippen LogP contribution is 2.45. The van der Waals surface area contributed by atoms with Gasteiger partial charge >= 0.3 is 6.01 Å². The summed E-state index contributed by atoms with van der Waals surface area (Å²) in [5.41, 5.74) is 2.13. The number of aromatic hydroxyl groups is 1. The second-order valence-corrected chi connectivity index (χ2v) is 13.8. The molecule has 5 aromatic rings. The van der Waals surface area contributed by atoms with Gasteiger partial charge in [0.1, 0.15) is 41.5 Å². The molecule has 47 heavy (non-hydrogen) atoms. The highest BCUT2D eigenvalue weighted by molar-refractivity contribution is 6.17. The molecule has 4 fully saturated rings. The Hall–Kier alpha value is -4.46. The van der Waals surface area contributed by atoms with Crippen LogP contribution in [0.5, 0.6) is 11.8 Å². The van der Waals surface area contributed by atoms with Gasteiger partial charge < -0.3 is 24.5 Å². The highest BCUT2D eigenvalue weighted by atomic mass is 19.1. The first-order chi connectivity index (χ1) is 22.8. The lowest BCUT2D eigenvalue weighted by atomic mass is 9.92. The number of terminal acetylenes is 1. The number of nitrogens with zero attached hydrogens (tertiary/aromatic N) is 4. The van der Waals surface area contributed by atoms with Crippen LogP contribution in [0, 0.1) is 25.1 Å². The quantitative estimate of drug-likeness (QED) is 0.220. The van der Waals surface area contributed by atoms with Gasteiger partial charge in [-0.1, -0.05) is 12.0 Å². The van der Waals surface area contributed by atoms with Crippen LogP contribution in [-0.2, 0) is 0 Å². The number of furan rings is 1. The van der Waals surface area contributed by atoms with Gasteiger partial charge in [-0.15, -0.1) is 6.42 Å². The van der Waals surface area contributed by atoms with Crippen molar-refractivity contribution in [1.29, 1.82) is 0 Å². The van der Waals surface area contributed by atoms with Crippen molar-refractivity contribution < 1.29 is 23.0 Å². The summed E-state index contributed by atoms with van der Waals surface area (Å²) in [4.78, 5) is 14.6. The molecule has 6 heterocycles. The number of benzene rings is 3. The van der Waals surface area contributed by atoms with Gasteiger partial charge in [-0.2, -0.15) is 9.97 Å². The molecule has 0 saturated carbocycles. The molecule has 2 bridgehead atoms. The molecular formula is C37H35F2N5O3. The number of anilines is 1. The van der Waals surface area contributed by atoms with E-state index in [9.17, 15) is 9.50 Å². The molecule has 2 aromatic heterocycles. The van der Waals surface area contributed by atoms with Crippen LogP contribution in [0.15, 0.2) is 40.8 Å². The van der Waals surface area contributed by atoms with E-state index in [1.54, 1.807) is 18.2 Å². The van der Waals surface area contributed by atoms with Crippen molar-refractivity contribution >= 4 is 38.5 Å². The van der Waals surface area contributed by atoms with Gasteiger partial charge in [-0.05, 0) is 80.4 Å². The van der Waals surface area contributed by atoms with Crippen LogP contribution in [0.2, 0.25) is 0 Å². The Bertz CT molecular complexity index is 2130. The molecule has 4 atom stereocenters. The van der Waals surface area contributed by atoms with Crippen LogP contribution in [0.1, 0.15) is 43.4 Å². The van der Waals surface area contributed by atoms with Crippen LogP contribution in [-0.4, -0.2) is 76.6 Å². The van der Waals surface area contributed by atoms with E-state index in [0.717, 1.165) is 61.9 Å². The summed E-state index contributed by atoms with van der Waals surface area (Å²) in [6.07, 6.45) is 9.55. The Balaban J connectivity index is 1.27. The van der Waals surface area contributed by atoms with Crippen LogP contribution in [0.25, 0.3) is 43.8 Å². The van der Waals surface area contributed by atoms with Crippen molar-refractivity contribution in [3.8, 4) is 35.2 Å². The molecular weight excluding hydrogens is 600 g/mol. The van der Waals surface area contributed by atoms with E-state index >= 15 is 4.39 Å². The van der Waals surface area contributed by atoms with Crippen molar-refractivity contribution in [2.24, 2.45) is 0 Å². The topological polar surface area (TPSA) is 86.9 Å². The molecule has 240 valence electrons. The average molecular weight is 636 g/mol. The number of fused-ring (bicyclic) bond motifs is 7.